The Morgan fingerprint density at radius 1 is 0.791 bits per heavy atom. The first kappa shape index (κ1) is 29.9. The number of anilines is 1. The van der Waals surface area contributed by atoms with E-state index >= 15 is 0 Å². The van der Waals surface area contributed by atoms with Crippen molar-refractivity contribution in [1.82, 2.24) is 5.32 Å². The minimum Gasteiger partial charge on any atom is -0.497 e. The maximum atomic E-state index is 13.4. The van der Waals surface area contributed by atoms with Gasteiger partial charge in [0.15, 0.2) is 5.78 Å². The van der Waals surface area contributed by atoms with Crippen LogP contribution in [0, 0.1) is 10.1 Å². The van der Waals surface area contributed by atoms with Gasteiger partial charge in [0.2, 0.25) is 0 Å². The van der Waals surface area contributed by atoms with E-state index in [1.807, 2.05) is 0 Å². The fourth-order valence-electron chi connectivity index (χ4n) is 4.01. The van der Waals surface area contributed by atoms with E-state index in [1.54, 1.807) is 66.7 Å². The highest BCUT2D eigenvalue weighted by Gasteiger charge is 2.17. The molecule has 0 aromatic heterocycles. The molecule has 43 heavy (non-hydrogen) atoms. The van der Waals surface area contributed by atoms with Crippen molar-refractivity contribution >= 4 is 41.1 Å². The maximum Gasteiger partial charge on any atom is 0.276 e. The Labute approximate surface area is 247 Å². The van der Waals surface area contributed by atoms with E-state index in [1.165, 1.54) is 62.8 Å². The van der Waals surface area contributed by atoms with Crippen LogP contribution in [0.15, 0.2) is 109 Å². The standard InChI is InChI=1S/C33H27N3O7/c1-42-27-18-14-25(31(21-27)43-2)20-28(35-32(38)24-9-4-3-5-10-24)33(39)34-26-16-12-23(13-17-26)30(37)19-15-22-8-6-7-11-29(22)36(40)41/h3-21H,1-2H3,(H,34,39)(H,35,38)/b19-15+,28-20-. The molecule has 10 nitrogen and oxygen atoms in total. The fourth-order valence-corrected chi connectivity index (χ4v) is 4.01. The van der Waals surface area contributed by atoms with Crippen LogP contribution in [0.4, 0.5) is 11.4 Å². The monoisotopic (exact) mass is 577 g/mol. The van der Waals surface area contributed by atoms with Crippen molar-refractivity contribution in [2.45, 2.75) is 0 Å². The molecule has 216 valence electrons. The second kappa shape index (κ2) is 14.0. The number of nitro groups is 1. The number of allylic oxidation sites excluding steroid dienone is 1. The van der Waals surface area contributed by atoms with E-state index in [2.05, 4.69) is 10.6 Å². The lowest BCUT2D eigenvalue weighted by Gasteiger charge is -2.13. The molecule has 0 spiro atoms. The van der Waals surface area contributed by atoms with Crippen LogP contribution in [0.25, 0.3) is 12.2 Å². The van der Waals surface area contributed by atoms with Crippen molar-refractivity contribution in [2.24, 2.45) is 0 Å². The largest absolute Gasteiger partial charge is 0.497 e. The summed E-state index contributed by atoms with van der Waals surface area (Å²) in [6.07, 6.45) is 4.12. The zero-order chi connectivity index (χ0) is 30.8. The average Bonchev–Trinajstić information content (AvgIpc) is 3.04. The van der Waals surface area contributed by atoms with Gasteiger partial charge in [-0.25, -0.2) is 0 Å². The quantitative estimate of drug-likeness (QED) is 0.0977. The molecule has 2 amide bonds. The van der Waals surface area contributed by atoms with Gasteiger partial charge in [-0.2, -0.15) is 0 Å². The molecule has 0 aliphatic carbocycles. The number of benzene rings is 4. The molecule has 0 atom stereocenters. The van der Waals surface area contributed by atoms with Crippen molar-refractivity contribution in [3.05, 3.63) is 141 Å². The summed E-state index contributed by atoms with van der Waals surface area (Å²) >= 11 is 0. The third kappa shape index (κ3) is 7.80. The lowest BCUT2D eigenvalue weighted by Crippen LogP contribution is -2.30. The van der Waals surface area contributed by atoms with Crippen molar-refractivity contribution in [3.8, 4) is 11.5 Å². The van der Waals surface area contributed by atoms with E-state index in [4.69, 9.17) is 9.47 Å². The van der Waals surface area contributed by atoms with Crippen molar-refractivity contribution in [2.75, 3.05) is 19.5 Å². The third-order valence-corrected chi connectivity index (χ3v) is 6.24. The molecule has 0 radical (unpaired) electrons. The number of nitrogens with one attached hydrogen (secondary N) is 2. The molecule has 0 aliphatic heterocycles. The van der Waals surface area contributed by atoms with Gasteiger partial charge in [-0.15, -0.1) is 0 Å². The van der Waals surface area contributed by atoms with Gasteiger partial charge in [-0.05, 0) is 72.8 Å². The van der Waals surface area contributed by atoms with Gasteiger partial charge < -0.3 is 20.1 Å². The number of carbonyl (C=O) groups excluding carboxylic acids is 3. The number of ketones is 1. The molecular formula is C33H27N3O7. The van der Waals surface area contributed by atoms with Gasteiger partial charge >= 0.3 is 0 Å². The minimum atomic E-state index is -0.613. The Hall–Kier alpha value is -6.03. The van der Waals surface area contributed by atoms with Crippen molar-refractivity contribution < 1.29 is 28.8 Å². The predicted molar refractivity (Wildman–Crippen MR) is 163 cm³/mol. The second-order valence-electron chi connectivity index (χ2n) is 9.03. The van der Waals surface area contributed by atoms with Gasteiger partial charge in [0.05, 0.1) is 24.7 Å². The van der Waals surface area contributed by atoms with Crippen LogP contribution in [0.1, 0.15) is 31.8 Å². The van der Waals surface area contributed by atoms with Crippen LogP contribution >= 0.6 is 0 Å². The molecule has 10 heteroatoms. The van der Waals surface area contributed by atoms with Crippen LogP contribution in [-0.4, -0.2) is 36.7 Å². The summed E-state index contributed by atoms with van der Waals surface area (Å²) in [6.45, 7) is 0. The van der Waals surface area contributed by atoms with Gasteiger partial charge in [0.1, 0.15) is 17.2 Å². The topological polar surface area (TPSA) is 137 Å². The molecule has 2 N–H and O–H groups in total. The Balaban J connectivity index is 1.55. The fraction of sp³-hybridized carbons (Fsp3) is 0.0606. The first-order chi connectivity index (χ1) is 20.8. The number of nitrogens with zero attached hydrogens (tertiary/aromatic N) is 1. The lowest BCUT2D eigenvalue weighted by molar-refractivity contribution is -0.385. The molecule has 4 aromatic rings. The van der Waals surface area contributed by atoms with Crippen LogP contribution in [0.2, 0.25) is 0 Å². The molecule has 0 fully saturated rings. The normalized spacial score (nSPS) is 11.1. The molecule has 0 saturated carbocycles. The summed E-state index contributed by atoms with van der Waals surface area (Å²) in [5, 5.41) is 16.6. The van der Waals surface area contributed by atoms with E-state index in [0.717, 1.165) is 0 Å². The molecular weight excluding hydrogens is 550 g/mol. The summed E-state index contributed by atoms with van der Waals surface area (Å²) in [5.74, 6) is -0.494. The van der Waals surface area contributed by atoms with Crippen LogP contribution < -0.4 is 20.1 Å². The first-order valence-corrected chi connectivity index (χ1v) is 13.0. The molecule has 0 saturated heterocycles. The Morgan fingerprint density at radius 3 is 2.16 bits per heavy atom. The van der Waals surface area contributed by atoms with E-state index in [9.17, 15) is 24.5 Å². The highest BCUT2D eigenvalue weighted by atomic mass is 16.6. The highest BCUT2D eigenvalue weighted by molar-refractivity contribution is 6.11. The predicted octanol–water partition coefficient (Wildman–Crippen LogP) is 5.92. The third-order valence-electron chi connectivity index (χ3n) is 6.24. The number of nitro benzene ring substituents is 1. The molecule has 0 unspecified atom stereocenters. The molecule has 4 aromatic carbocycles. The zero-order valence-corrected chi connectivity index (χ0v) is 23.3. The number of rotatable bonds is 11. The number of methoxy groups -OCH3 is 2. The number of hydrogen-bond donors (Lipinski definition) is 2. The van der Waals surface area contributed by atoms with Crippen LogP contribution in [-0.2, 0) is 4.79 Å². The number of hydrogen-bond acceptors (Lipinski definition) is 7. The van der Waals surface area contributed by atoms with E-state index in [0.29, 0.717) is 39.4 Å². The summed E-state index contributed by atoms with van der Waals surface area (Å²) in [7, 11) is 3.00. The maximum absolute atomic E-state index is 13.4. The Bertz CT molecular complexity index is 1710. The Morgan fingerprint density at radius 2 is 1.49 bits per heavy atom. The van der Waals surface area contributed by atoms with Gasteiger partial charge in [0, 0.05) is 34.5 Å². The number of para-hydroxylation sites is 1. The highest BCUT2D eigenvalue weighted by Crippen LogP contribution is 2.27. The summed E-state index contributed by atoms with van der Waals surface area (Å²) < 4.78 is 10.7. The summed E-state index contributed by atoms with van der Waals surface area (Å²) in [4.78, 5) is 49.7. The molecule has 0 heterocycles. The van der Waals surface area contributed by atoms with Crippen LogP contribution in [0.5, 0.6) is 11.5 Å². The smallest absolute Gasteiger partial charge is 0.276 e. The molecule has 0 bridgehead atoms. The average molecular weight is 578 g/mol. The van der Waals surface area contributed by atoms with Crippen molar-refractivity contribution in [3.63, 3.8) is 0 Å². The van der Waals surface area contributed by atoms with Gasteiger partial charge in [-0.1, -0.05) is 30.3 Å². The number of carbonyl (C=O) groups is 3. The van der Waals surface area contributed by atoms with E-state index < -0.39 is 16.7 Å². The molecule has 4 rings (SSSR count). The lowest BCUT2D eigenvalue weighted by atomic mass is 10.1. The summed E-state index contributed by atoms with van der Waals surface area (Å²) in [6, 6.07) is 25.7. The SMILES string of the molecule is COc1ccc(/C=C(\NC(=O)c2ccccc2)C(=O)Nc2ccc(C(=O)/C=C/c3ccccc3[N+](=O)[O-])cc2)c(OC)c1. The van der Waals surface area contributed by atoms with Gasteiger partial charge in [0.25, 0.3) is 17.5 Å². The Kier molecular flexibility index (Phi) is 9.78. The minimum absolute atomic E-state index is 0.0511. The van der Waals surface area contributed by atoms with Crippen LogP contribution in [0.3, 0.4) is 0 Å². The van der Waals surface area contributed by atoms with Gasteiger partial charge in [-0.3, -0.25) is 24.5 Å². The number of amides is 2. The zero-order valence-electron chi connectivity index (χ0n) is 23.3. The molecule has 0 aliphatic rings. The first-order valence-electron chi connectivity index (χ1n) is 13.0. The van der Waals surface area contributed by atoms with Crippen molar-refractivity contribution in [1.29, 1.82) is 0 Å². The van der Waals surface area contributed by atoms with E-state index in [-0.39, 0.29) is 17.2 Å². The second-order valence-corrected chi connectivity index (χ2v) is 9.03. The summed E-state index contributed by atoms with van der Waals surface area (Å²) in [5.41, 5.74) is 1.70. The number of ether oxygens (including phenoxy) is 2.